The summed E-state index contributed by atoms with van der Waals surface area (Å²) in [7, 11) is 3.12. The van der Waals surface area contributed by atoms with Crippen LogP contribution in [0.2, 0.25) is 0 Å². The van der Waals surface area contributed by atoms with Crippen LogP contribution in [0, 0.1) is 17.3 Å². The van der Waals surface area contributed by atoms with Gasteiger partial charge in [-0.25, -0.2) is 4.79 Å². The Kier molecular flexibility index (Phi) is 15.8. The van der Waals surface area contributed by atoms with Crippen LogP contribution in [-0.4, -0.2) is 103 Å². The third kappa shape index (κ3) is 12.3. The molecule has 1 saturated carbocycles. The van der Waals surface area contributed by atoms with Gasteiger partial charge in [0.2, 0.25) is 29.4 Å². The van der Waals surface area contributed by atoms with Crippen molar-refractivity contribution in [3.8, 4) is 0 Å². The first-order valence-electron chi connectivity index (χ1n) is 18.9. The summed E-state index contributed by atoms with van der Waals surface area (Å²) in [6, 6.07) is 4.61. The zero-order chi connectivity index (χ0) is 39.5. The minimum absolute atomic E-state index is 0.0841. The SMILES string of the molecule is CCC[C@@H](NC(=O)[C@@H]1CC(C)(C)CN1C(=O)[C@@H](NC(=O)O[C@@H](C)C(C)C)C1CCCCC1)C(=O)C(=O)NCC(=O)N[C@H](C(=O)N(C)C)c1ccccc1. The van der Waals surface area contributed by atoms with Gasteiger partial charge < -0.3 is 35.8 Å². The van der Waals surface area contributed by atoms with Crippen molar-refractivity contribution in [2.24, 2.45) is 17.3 Å². The van der Waals surface area contributed by atoms with Crippen LogP contribution in [0.25, 0.3) is 0 Å². The molecule has 0 aromatic heterocycles. The molecular weight excluding hydrogens is 680 g/mol. The Morgan fingerprint density at radius 2 is 1.57 bits per heavy atom. The van der Waals surface area contributed by atoms with E-state index in [1.165, 1.54) is 9.80 Å². The third-order valence-corrected chi connectivity index (χ3v) is 10.2. The molecule has 0 unspecified atom stereocenters. The lowest BCUT2D eigenvalue weighted by Crippen LogP contribution is -2.58. The molecule has 2 aliphatic rings. The van der Waals surface area contributed by atoms with Crippen LogP contribution in [0.1, 0.15) is 105 Å². The normalized spacial score (nSPS) is 19.3. The van der Waals surface area contributed by atoms with Gasteiger partial charge in [-0.05, 0) is 55.4 Å². The fourth-order valence-corrected chi connectivity index (χ4v) is 6.86. The molecule has 3 rings (SSSR count). The molecule has 1 aromatic carbocycles. The van der Waals surface area contributed by atoms with Crippen LogP contribution in [0.4, 0.5) is 4.79 Å². The number of ether oxygens (including phenoxy) is 1. The molecule has 1 aromatic rings. The van der Waals surface area contributed by atoms with Gasteiger partial charge in [0.1, 0.15) is 24.2 Å². The number of hydrogen-bond acceptors (Lipinski definition) is 8. The molecule has 0 radical (unpaired) electrons. The quantitative estimate of drug-likeness (QED) is 0.186. The number of benzene rings is 1. The number of carbonyl (C=O) groups is 7. The highest BCUT2D eigenvalue weighted by atomic mass is 16.6. The largest absolute Gasteiger partial charge is 0.446 e. The number of Topliss-reactive ketones (excluding diaryl/α,β-unsaturated/α-hetero) is 1. The van der Waals surface area contributed by atoms with E-state index in [-0.39, 0.29) is 42.7 Å². The number of likely N-dealkylation sites (tertiary alicyclic amines) is 1. The van der Waals surface area contributed by atoms with Crippen molar-refractivity contribution in [2.75, 3.05) is 27.2 Å². The second-order valence-electron chi connectivity index (χ2n) is 15.8. The topological polar surface area (TPSA) is 183 Å². The number of alkyl carbamates (subject to hydrolysis) is 1. The van der Waals surface area contributed by atoms with E-state index in [2.05, 4.69) is 21.3 Å². The van der Waals surface area contributed by atoms with E-state index in [1.54, 1.807) is 58.3 Å². The standard InChI is InChI=1S/C39H60N6O8/c1-9-16-28(33(47)35(49)40-22-30(46)42-31(36(50)44(7)8)26-17-12-10-13-18-26)41-34(48)29-21-39(5,6)23-45(29)37(51)32(27-19-14-11-15-20-27)43-38(52)53-25(4)24(2)3/h10,12-13,17-18,24-25,27-29,31-32H,9,11,14-16,19-23H2,1-8H3,(H,40,49)(H,41,48)(H,42,46)(H,43,52)/t25-,28+,29-,31-,32-/m0/s1. The molecule has 1 aliphatic heterocycles. The summed E-state index contributed by atoms with van der Waals surface area (Å²) in [5.74, 6) is -4.04. The molecule has 6 amide bonds. The predicted molar refractivity (Wildman–Crippen MR) is 199 cm³/mol. The number of rotatable bonds is 16. The number of ketones is 1. The van der Waals surface area contributed by atoms with Gasteiger partial charge >= 0.3 is 6.09 Å². The van der Waals surface area contributed by atoms with Crippen molar-refractivity contribution < 1.29 is 38.3 Å². The number of likely N-dealkylation sites (N-methyl/N-ethyl adjacent to an activating group) is 1. The van der Waals surface area contributed by atoms with Gasteiger partial charge in [0.25, 0.3) is 5.91 Å². The predicted octanol–water partition coefficient (Wildman–Crippen LogP) is 3.25. The average molecular weight is 741 g/mol. The Bertz CT molecular complexity index is 1460. The summed E-state index contributed by atoms with van der Waals surface area (Å²) < 4.78 is 5.57. The molecule has 14 heteroatoms. The van der Waals surface area contributed by atoms with Gasteiger partial charge in [0, 0.05) is 20.6 Å². The molecule has 1 saturated heterocycles. The Hall–Kier alpha value is -4.49. The second-order valence-corrected chi connectivity index (χ2v) is 15.8. The third-order valence-electron chi connectivity index (χ3n) is 10.2. The van der Waals surface area contributed by atoms with Crippen LogP contribution in [0.5, 0.6) is 0 Å². The summed E-state index contributed by atoms with van der Waals surface area (Å²) in [4.78, 5) is 96.2. The van der Waals surface area contributed by atoms with Gasteiger partial charge in [-0.15, -0.1) is 0 Å². The van der Waals surface area contributed by atoms with Gasteiger partial charge in [-0.2, -0.15) is 0 Å². The summed E-state index contributed by atoms with van der Waals surface area (Å²) in [5.41, 5.74) is 0.110. The van der Waals surface area contributed by atoms with Crippen molar-refractivity contribution in [3.63, 3.8) is 0 Å². The van der Waals surface area contributed by atoms with Gasteiger partial charge in [0.05, 0.1) is 12.6 Å². The number of carbonyl (C=O) groups excluding carboxylic acids is 7. The lowest BCUT2D eigenvalue weighted by Gasteiger charge is -2.35. The summed E-state index contributed by atoms with van der Waals surface area (Å²) in [6.45, 7) is 11.1. The Morgan fingerprint density at radius 3 is 2.15 bits per heavy atom. The van der Waals surface area contributed by atoms with Crippen LogP contribution in [0.15, 0.2) is 30.3 Å². The average Bonchev–Trinajstić information content (AvgIpc) is 3.46. The molecule has 5 atom stereocenters. The number of nitrogens with zero attached hydrogens (tertiary/aromatic N) is 2. The molecular formula is C39H60N6O8. The molecule has 0 bridgehead atoms. The highest BCUT2D eigenvalue weighted by molar-refractivity contribution is 6.38. The van der Waals surface area contributed by atoms with Crippen molar-refractivity contribution in [3.05, 3.63) is 35.9 Å². The molecule has 14 nitrogen and oxygen atoms in total. The van der Waals surface area contributed by atoms with Crippen molar-refractivity contribution >= 4 is 41.4 Å². The van der Waals surface area contributed by atoms with Crippen LogP contribution < -0.4 is 21.3 Å². The molecule has 1 aliphatic carbocycles. The maximum absolute atomic E-state index is 14.3. The number of hydrogen-bond donors (Lipinski definition) is 4. The second kappa shape index (κ2) is 19.5. The smallest absolute Gasteiger partial charge is 0.408 e. The molecule has 294 valence electrons. The molecule has 1 heterocycles. The monoisotopic (exact) mass is 740 g/mol. The van der Waals surface area contributed by atoms with Gasteiger partial charge in [0.15, 0.2) is 0 Å². The van der Waals surface area contributed by atoms with E-state index in [0.717, 1.165) is 32.1 Å². The molecule has 53 heavy (non-hydrogen) atoms. The fourth-order valence-electron chi connectivity index (χ4n) is 6.86. The Labute approximate surface area is 313 Å². The van der Waals surface area contributed by atoms with E-state index >= 15 is 0 Å². The van der Waals surface area contributed by atoms with E-state index in [4.69, 9.17) is 4.74 Å². The van der Waals surface area contributed by atoms with Crippen LogP contribution in [-0.2, 0) is 33.5 Å². The van der Waals surface area contributed by atoms with Crippen molar-refractivity contribution in [1.29, 1.82) is 0 Å². The van der Waals surface area contributed by atoms with Crippen molar-refractivity contribution in [2.45, 2.75) is 123 Å². The minimum atomic E-state index is -1.21. The lowest BCUT2D eigenvalue weighted by atomic mass is 9.83. The maximum Gasteiger partial charge on any atom is 0.408 e. The van der Waals surface area contributed by atoms with E-state index in [1.807, 2.05) is 27.7 Å². The van der Waals surface area contributed by atoms with Crippen LogP contribution >= 0.6 is 0 Å². The lowest BCUT2D eigenvalue weighted by molar-refractivity contribution is -0.143. The van der Waals surface area contributed by atoms with Gasteiger partial charge in [-0.1, -0.05) is 90.6 Å². The molecule has 0 spiro atoms. The summed E-state index contributed by atoms with van der Waals surface area (Å²) in [5, 5.41) is 10.5. The highest BCUT2D eigenvalue weighted by Crippen LogP contribution is 2.36. The first-order valence-corrected chi connectivity index (χ1v) is 18.9. The van der Waals surface area contributed by atoms with E-state index < -0.39 is 65.7 Å². The Balaban J connectivity index is 1.72. The first kappa shape index (κ1) is 42.9. The highest BCUT2D eigenvalue weighted by Gasteiger charge is 2.47. The number of nitrogens with one attached hydrogen (secondary N) is 4. The molecule has 2 fully saturated rings. The van der Waals surface area contributed by atoms with Crippen molar-refractivity contribution in [1.82, 2.24) is 31.1 Å². The first-order chi connectivity index (χ1) is 24.9. The van der Waals surface area contributed by atoms with E-state index in [0.29, 0.717) is 18.4 Å². The molecule has 4 N–H and O–H groups in total. The van der Waals surface area contributed by atoms with Crippen LogP contribution in [0.3, 0.4) is 0 Å². The van der Waals surface area contributed by atoms with Gasteiger partial charge in [-0.3, -0.25) is 28.8 Å². The zero-order valence-electron chi connectivity index (χ0n) is 32.7. The zero-order valence-corrected chi connectivity index (χ0v) is 32.7. The van der Waals surface area contributed by atoms with E-state index in [9.17, 15) is 33.6 Å². The minimum Gasteiger partial charge on any atom is -0.446 e. The summed E-state index contributed by atoms with van der Waals surface area (Å²) >= 11 is 0. The Morgan fingerprint density at radius 1 is 0.925 bits per heavy atom. The number of amides is 6. The fraction of sp³-hybridized carbons (Fsp3) is 0.667. The summed E-state index contributed by atoms with van der Waals surface area (Å²) in [6.07, 6.45) is 4.28. The maximum atomic E-state index is 14.3.